The Morgan fingerprint density at radius 1 is 1.15 bits per heavy atom. The van der Waals surface area contributed by atoms with Crippen molar-refractivity contribution in [3.63, 3.8) is 0 Å². The third kappa shape index (κ3) is 2.48. The van der Waals surface area contributed by atoms with E-state index < -0.39 is 6.10 Å². The Balaban J connectivity index is 3.15. The number of hydrogen-bond acceptors (Lipinski definition) is 2. The van der Waals surface area contributed by atoms with E-state index >= 15 is 0 Å². The molecule has 1 aromatic rings. The van der Waals surface area contributed by atoms with Crippen molar-refractivity contribution >= 4 is 34.8 Å². The molecule has 1 atom stereocenters. The standard InChI is InChI=1S/C8H8Cl3NO/c9-5-2-7(11)6(10)1-4(5)8(13)3-12/h1-2,8,13H,3,12H2. The third-order valence-corrected chi connectivity index (χ3v) is 2.67. The lowest BCUT2D eigenvalue weighted by atomic mass is 10.1. The summed E-state index contributed by atoms with van der Waals surface area (Å²) in [5.74, 6) is 0. The van der Waals surface area contributed by atoms with E-state index in [1.807, 2.05) is 0 Å². The van der Waals surface area contributed by atoms with E-state index in [0.29, 0.717) is 20.6 Å². The minimum absolute atomic E-state index is 0.0949. The summed E-state index contributed by atoms with van der Waals surface area (Å²) < 4.78 is 0. The molecule has 0 aliphatic heterocycles. The zero-order valence-electron chi connectivity index (χ0n) is 6.60. The van der Waals surface area contributed by atoms with Crippen molar-refractivity contribution < 1.29 is 5.11 Å². The van der Waals surface area contributed by atoms with Crippen molar-refractivity contribution in [1.29, 1.82) is 0 Å². The first-order chi connectivity index (χ1) is 6.06. The molecule has 1 unspecified atom stereocenters. The van der Waals surface area contributed by atoms with E-state index in [-0.39, 0.29) is 6.54 Å². The Labute approximate surface area is 91.2 Å². The maximum Gasteiger partial charge on any atom is 0.0927 e. The molecule has 0 spiro atoms. The Morgan fingerprint density at radius 2 is 1.69 bits per heavy atom. The number of benzene rings is 1. The molecular weight excluding hydrogens is 232 g/mol. The van der Waals surface area contributed by atoms with Gasteiger partial charge in [0.25, 0.3) is 0 Å². The van der Waals surface area contributed by atoms with Crippen molar-refractivity contribution in [2.45, 2.75) is 6.10 Å². The fourth-order valence-electron chi connectivity index (χ4n) is 0.920. The van der Waals surface area contributed by atoms with Crippen LogP contribution in [0, 0.1) is 0 Å². The smallest absolute Gasteiger partial charge is 0.0927 e. The number of aliphatic hydroxyl groups is 1. The van der Waals surface area contributed by atoms with Gasteiger partial charge in [-0.1, -0.05) is 34.8 Å². The zero-order chi connectivity index (χ0) is 10.0. The molecule has 1 aromatic carbocycles. The van der Waals surface area contributed by atoms with Crippen LogP contribution in [-0.2, 0) is 0 Å². The second-order valence-corrected chi connectivity index (χ2v) is 3.76. The van der Waals surface area contributed by atoms with Gasteiger partial charge in [0.1, 0.15) is 0 Å². The van der Waals surface area contributed by atoms with Crippen molar-refractivity contribution in [2.75, 3.05) is 6.54 Å². The number of rotatable bonds is 2. The SMILES string of the molecule is NCC(O)c1cc(Cl)c(Cl)cc1Cl. The number of nitrogens with two attached hydrogens (primary N) is 1. The van der Waals surface area contributed by atoms with Crippen LogP contribution in [0.1, 0.15) is 11.7 Å². The predicted octanol–water partition coefficient (Wildman–Crippen LogP) is 2.64. The molecular formula is C8H8Cl3NO. The van der Waals surface area contributed by atoms with Crippen LogP contribution in [0.2, 0.25) is 15.1 Å². The van der Waals surface area contributed by atoms with Gasteiger partial charge >= 0.3 is 0 Å². The molecule has 0 radical (unpaired) electrons. The summed E-state index contributed by atoms with van der Waals surface area (Å²) in [5.41, 5.74) is 5.78. The van der Waals surface area contributed by atoms with Crippen LogP contribution >= 0.6 is 34.8 Å². The lowest BCUT2D eigenvalue weighted by molar-refractivity contribution is 0.187. The molecule has 0 aromatic heterocycles. The Kier molecular flexibility index (Phi) is 3.83. The predicted molar refractivity (Wildman–Crippen MR) is 55.5 cm³/mol. The Hall–Kier alpha value is 0.01000. The molecule has 0 amide bonds. The Morgan fingerprint density at radius 3 is 2.23 bits per heavy atom. The summed E-state index contributed by atoms with van der Waals surface area (Å²) >= 11 is 17.3. The molecule has 0 aliphatic rings. The van der Waals surface area contributed by atoms with Crippen LogP contribution < -0.4 is 5.73 Å². The molecule has 0 bridgehead atoms. The monoisotopic (exact) mass is 239 g/mol. The van der Waals surface area contributed by atoms with Crippen LogP contribution in [0.15, 0.2) is 12.1 Å². The molecule has 3 N–H and O–H groups in total. The van der Waals surface area contributed by atoms with Gasteiger partial charge in [0.15, 0.2) is 0 Å². The van der Waals surface area contributed by atoms with E-state index in [4.69, 9.17) is 40.5 Å². The van der Waals surface area contributed by atoms with Gasteiger partial charge in [0.2, 0.25) is 0 Å². The summed E-state index contributed by atoms with van der Waals surface area (Å²) in [5, 5.41) is 10.5. The van der Waals surface area contributed by atoms with Gasteiger partial charge < -0.3 is 10.8 Å². The summed E-state index contributed by atoms with van der Waals surface area (Å²) in [6.07, 6.45) is -0.803. The fourth-order valence-corrected chi connectivity index (χ4v) is 1.60. The van der Waals surface area contributed by atoms with E-state index in [0.717, 1.165) is 0 Å². The maximum atomic E-state index is 9.41. The normalized spacial score (nSPS) is 13.0. The highest BCUT2D eigenvalue weighted by Crippen LogP contribution is 2.31. The summed E-state index contributed by atoms with van der Waals surface area (Å²) in [7, 11) is 0. The van der Waals surface area contributed by atoms with Gasteiger partial charge in [0.05, 0.1) is 16.1 Å². The molecule has 5 heteroatoms. The van der Waals surface area contributed by atoms with Crippen molar-refractivity contribution in [2.24, 2.45) is 5.73 Å². The quantitative estimate of drug-likeness (QED) is 0.781. The van der Waals surface area contributed by atoms with E-state index in [9.17, 15) is 5.11 Å². The summed E-state index contributed by atoms with van der Waals surface area (Å²) in [6, 6.07) is 3.00. The lowest BCUT2D eigenvalue weighted by Crippen LogP contribution is -2.11. The first-order valence-electron chi connectivity index (χ1n) is 3.59. The minimum atomic E-state index is -0.803. The number of hydrogen-bond donors (Lipinski definition) is 2. The van der Waals surface area contributed by atoms with E-state index in [1.54, 1.807) is 0 Å². The number of aliphatic hydroxyl groups excluding tert-OH is 1. The van der Waals surface area contributed by atoms with Gasteiger partial charge in [-0.25, -0.2) is 0 Å². The number of halogens is 3. The fraction of sp³-hybridized carbons (Fsp3) is 0.250. The van der Waals surface area contributed by atoms with Crippen molar-refractivity contribution in [3.05, 3.63) is 32.8 Å². The molecule has 2 nitrogen and oxygen atoms in total. The molecule has 0 aliphatic carbocycles. The average molecular weight is 241 g/mol. The average Bonchev–Trinajstić information content (AvgIpc) is 2.10. The molecule has 13 heavy (non-hydrogen) atoms. The molecule has 1 rings (SSSR count). The van der Waals surface area contributed by atoms with Crippen LogP contribution in [0.25, 0.3) is 0 Å². The zero-order valence-corrected chi connectivity index (χ0v) is 8.87. The van der Waals surface area contributed by atoms with Gasteiger partial charge in [0, 0.05) is 17.1 Å². The largest absolute Gasteiger partial charge is 0.387 e. The highest BCUT2D eigenvalue weighted by atomic mass is 35.5. The molecule has 0 fully saturated rings. The second kappa shape index (κ2) is 4.49. The van der Waals surface area contributed by atoms with Crippen LogP contribution in [0.5, 0.6) is 0 Å². The molecule has 0 saturated heterocycles. The van der Waals surface area contributed by atoms with Gasteiger partial charge in [-0.3, -0.25) is 0 Å². The molecule has 0 saturated carbocycles. The van der Waals surface area contributed by atoms with Crippen molar-refractivity contribution in [1.82, 2.24) is 0 Å². The van der Waals surface area contributed by atoms with Gasteiger partial charge in [-0.05, 0) is 12.1 Å². The van der Waals surface area contributed by atoms with Crippen LogP contribution in [0.4, 0.5) is 0 Å². The van der Waals surface area contributed by atoms with E-state index in [2.05, 4.69) is 0 Å². The topological polar surface area (TPSA) is 46.2 Å². The molecule has 0 heterocycles. The third-order valence-electron chi connectivity index (χ3n) is 1.62. The highest BCUT2D eigenvalue weighted by Gasteiger charge is 2.12. The van der Waals surface area contributed by atoms with E-state index in [1.165, 1.54) is 12.1 Å². The first-order valence-corrected chi connectivity index (χ1v) is 4.72. The Bertz CT molecular complexity index is 317. The maximum absolute atomic E-state index is 9.41. The van der Waals surface area contributed by atoms with Crippen LogP contribution in [0.3, 0.4) is 0 Å². The lowest BCUT2D eigenvalue weighted by Gasteiger charge is -2.11. The first kappa shape index (κ1) is 11.1. The second-order valence-electron chi connectivity index (χ2n) is 2.54. The van der Waals surface area contributed by atoms with Gasteiger partial charge in [-0.15, -0.1) is 0 Å². The minimum Gasteiger partial charge on any atom is -0.387 e. The van der Waals surface area contributed by atoms with Crippen molar-refractivity contribution in [3.8, 4) is 0 Å². The summed E-state index contributed by atoms with van der Waals surface area (Å²) in [4.78, 5) is 0. The highest BCUT2D eigenvalue weighted by molar-refractivity contribution is 6.43. The summed E-state index contributed by atoms with van der Waals surface area (Å²) in [6.45, 7) is 0.0949. The molecule has 72 valence electrons. The van der Waals surface area contributed by atoms with Gasteiger partial charge in [-0.2, -0.15) is 0 Å². The van der Waals surface area contributed by atoms with Crippen LogP contribution in [-0.4, -0.2) is 11.7 Å².